The van der Waals surface area contributed by atoms with Crippen LogP contribution in [0.25, 0.3) is 0 Å². The molecule has 0 aliphatic carbocycles. The summed E-state index contributed by atoms with van der Waals surface area (Å²) in [5.74, 6) is -2.06. The molecule has 10 nitrogen and oxygen atoms in total. The molecule has 266 valence electrons. The van der Waals surface area contributed by atoms with Crippen molar-refractivity contribution in [3.63, 3.8) is 0 Å². The fourth-order valence-corrected chi connectivity index (χ4v) is 6.11. The van der Waals surface area contributed by atoms with Crippen molar-refractivity contribution in [1.29, 1.82) is 0 Å². The van der Waals surface area contributed by atoms with Crippen molar-refractivity contribution in [2.24, 2.45) is 23.0 Å². The molecule has 0 radical (unpaired) electrons. The van der Waals surface area contributed by atoms with Crippen molar-refractivity contribution in [1.82, 2.24) is 16.0 Å². The number of hydrogen-bond donors (Lipinski definition) is 4. The van der Waals surface area contributed by atoms with Gasteiger partial charge in [-0.3, -0.25) is 14.4 Å². The van der Waals surface area contributed by atoms with Gasteiger partial charge in [-0.05, 0) is 74.4 Å². The lowest BCUT2D eigenvalue weighted by molar-refractivity contribution is -0.157. The van der Waals surface area contributed by atoms with Crippen molar-refractivity contribution >= 4 is 35.3 Å². The molecule has 5 N–H and O–H groups in total. The quantitative estimate of drug-likeness (QED) is 0.228. The molecule has 2 aromatic carbocycles. The summed E-state index contributed by atoms with van der Waals surface area (Å²) in [6.45, 7) is 13.4. The van der Waals surface area contributed by atoms with E-state index in [4.69, 9.17) is 26.8 Å². The highest BCUT2D eigenvalue weighted by Gasteiger charge is 2.48. The minimum Gasteiger partial charge on any atom is -0.460 e. The number of hydrogen-bond acceptors (Lipinski definition) is 7. The normalized spacial score (nSPS) is 27.8. The first-order chi connectivity index (χ1) is 23.1. The summed E-state index contributed by atoms with van der Waals surface area (Å²) in [4.78, 5) is 54.4. The number of cyclic esters (lactones) is 1. The molecule has 2 heterocycles. The third-order valence-electron chi connectivity index (χ3n) is 9.71. The second kappa shape index (κ2) is 16.3. The Bertz CT molecular complexity index is 1540. The summed E-state index contributed by atoms with van der Waals surface area (Å²) in [6.07, 6.45) is 2.72. The van der Waals surface area contributed by atoms with Crippen molar-refractivity contribution in [2.45, 2.75) is 111 Å². The Morgan fingerprint density at radius 1 is 0.959 bits per heavy atom. The number of benzene rings is 2. The number of esters is 1. The van der Waals surface area contributed by atoms with Gasteiger partial charge in [-0.15, -0.1) is 0 Å². The Kier molecular flexibility index (Phi) is 12.7. The van der Waals surface area contributed by atoms with Gasteiger partial charge >= 0.3 is 5.97 Å². The Morgan fingerprint density at radius 2 is 1.63 bits per heavy atom. The van der Waals surface area contributed by atoms with Gasteiger partial charge in [-0.1, -0.05) is 74.8 Å². The maximum absolute atomic E-state index is 13.8. The van der Waals surface area contributed by atoms with Gasteiger partial charge in [0.2, 0.25) is 17.7 Å². The van der Waals surface area contributed by atoms with Gasteiger partial charge in [0.15, 0.2) is 0 Å². The minimum absolute atomic E-state index is 0.0758. The number of ether oxygens (including phenoxy) is 2. The predicted molar refractivity (Wildman–Crippen MR) is 189 cm³/mol. The average Bonchev–Trinajstić information content (AvgIpc) is 3.85. The number of epoxide rings is 1. The van der Waals surface area contributed by atoms with Crippen LogP contribution in [0.5, 0.6) is 0 Å². The first-order valence-electron chi connectivity index (χ1n) is 17.1. The van der Waals surface area contributed by atoms with Crippen LogP contribution in [-0.2, 0) is 41.6 Å². The number of carbonyl (C=O) groups is 4. The molecule has 3 amide bonds. The zero-order valence-corrected chi connectivity index (χ0v) is 30.3. The molecule has 0 spiro atoms. The number of halogens is 1. The Hall–Kier alpha value is -3.73. The molecule has 1 fully saturated rings. The van der Waals surface area contributed by atoms with E-state index in [1.165, 1.54) is 6.08 Å². The van der Waals surface area contributed by atoms with Gasteiger partial charge in [0, 0.05) is 36.4 Å². The molecule has 11 heteroatoms. The molecular formula is C38H51ClN4O6. The van der Waals surface area contributed by atoms with Gasteiger partial charge < -0.3 is 31.2 Å². The Morgan fingerprint density at radius 3 is 2.27 bits per heavy atom. The molecular weight excluding hydrogens is 644 g/mol. The number of amides is 3. The maximum atomic E-state index is 13.8. The van der Waals surface area contributed by atoms with Gasteiger partial charge in [0.05, 0.1) is 11.5 Å². The highest BCUT2D eigenvalue weighted by molar-refractivity contribution is 6.31. The van der Waals surface area contributed by atoms with Crippen LogP contribution in [0.3, 0.4) is 0 Å². The molecule has 0 saturated carbocycles. The van der Waals surface area contributed by atoms with E-state index < -0.39 is 53.3 Å². The average molecular weight is 695 g/mol. The van der Waals surface area contributed by atoms with Crippen molar-refractivity contribution < 1.29 is 28.7 Å². The zero-order valence-electron chi connectivity index (χ0n) is 29.5. The van der Waals surface area contributed by atoms with Crippen LogP contribution < -0.4 is 21.7 Å². The summed E-state index contributed by atoms with van der Waals surface area (Å²) in [5, 5.41) is 9.23. The van der Waals surface area contributed by atoms with Crippen LogP contribution in [0.15, 0.2) is 54.6 Å². The van der Waals surface area contributed by atoms with Crippen LogP contribution in [0.2, 0.25) is 5.02 Å². The molecule has 2 aliphatic rings. The monoisotopic (exact) mass is 694 g/mol. The number of carbonyl (C=O) groups excluding carboxylic acids is 4. The molecule has 1 unspecified atom stereocenters. The Labute approximate surface area is 294 Å². The highest BCUT2D eigenvalue weighted by Crippen LogP contribution is 2.45. The molecule has 2 aromatic rings. The van der Waals surface area contributed by atoms with Crippen LogP contribution in [0.1, 0.15) is 82.7 Å². The van der Waals surface area contributed by atoms with E-state index in [1.807, 2.05) is 64.1 Å². The molecule has 2 aliphatic heterocycles. The molecule has 0 aromatic heterocycles. The molecule has 0 bridgehead atoms. The summed E-state index contributed by atoms with van der Waals surface area (Å²) in [7, 11) is 0. The minimum atomic E-state index is -1.12. The summed E-state index contributed by atoms with van der Waals surface area (Å²) >= 11 is 6.36. The SMILES string of the molecule is Cc1ccc(C[C@H]2NC(=O)/C=C/C[C@@H]([C@H](C)[C@H]3O[C@@H]3c3ccc(CN)cc3)OC(=O)[C@H](CC(C)C)NC(=O)C(C)(C)C(C)NC2=O)cc1Cl. The third-order valence-corrected chi connectivity index (χ3v) is 10.1. The van der Waals surface area contributed by atoms with Crippen LogP contribution in [-0.4, -0.2) is 54.0 Å². The standard InChI is InChI=1S/C38H51ClN4O6/c1-21(2)17-30-36(46)48-31(23(4)33-34(49-33)27-15-13-25(20-40)14-16-27)9-8-10-32(44)42-29(19-26-12-11-22(3)28(39)18-26)35(45)41-24(5)38(6,7)37(47)43-30/h8,10-16,18,21,23-24,29-31,33-34H,9,17,19-20,40H2,1-7H3,(H,41,45)(H,42,44)(H,43,47)/b10-8+/t23-,24?,29+,30-,31-,33+,34+/m0/s1. The third kappa shape index (κ3) is 9.93. The van der Waals surface area contributed by atoms with E-state index >= 15 is 0 Å². The second-order valence-electron chi connectivity index (χ2n) is 14.4. The first kappa shape index (κ1) is 38.1. The predicted octanol–water partition coefficient (Wildman–Crippen LogP) is 4.84. The fourth-order valence-electron chi connectivity index (χ4n) is 5.91. The largest absolute Gasteiger partial charge is 0.460 e. The van der Waals surface area contributed by atoms with E-state index in [9.17, 15) is 19.2 Å². The van der Waals surface area contributed by atoms with E-state index in [0.717, 1.165) is 22.3 Å². The fraction of sp³-hybridized carbons (Fsp3) is 0.526. The van der Waals surface area contributed by atoms with E-state index in [1.54, 1.807) is 32.9 Å². The van der Waals surface area contributed by atoms with E-state index in [0.29, 0.717) is 18.0 Å². The zero-order chi connectivity index (χ0) is 36.0. The summed E-state index contributed by atoms with van der Waals surface area (Å²) in [5.41, 5.74) is 8.33. The topological polar surface area (TPSA) is 152 Å². The second-order valence-corrected chi connectivity index (χ2v) is 14.8. The number of nitrogens with two attached hydrogens (primary N) is 1. The lowest BCUT2D eigenvalue weighted by atomic mass is 9.83. The highest BCUT2D eigenvalue weighted by atomic mass is 35.5. The van der Waals surface area contributed by atoms with Gasteiger partial charge in [0.25, 0.3) is 0 Å². The smallest absolute Gasteiger partial charge is 0.328 e. The molecule has 1 saturated heterocycles. The lowest BCUT2D eigenvalue weighted by Gasteiger charge is -2.34. The molecule has 4 rings (SSSR count). The van der Waals surface area contributed by atoms with Crippen LogP contribution in [0.4, 0.5) is 0 Å². The van der Waals surface area contributed by atoms with Gasteiger partial charge in [0.1, 0.15) is 24.3 Å². The van der Waals surface area contributed by atoms with E-state index in [-0.39, 0.29) is 36.9 Å². The van der Waals surface area contributed by atoms with Crippen LogP contribution >= 0.6 is 11.6 Å². The van der Waals surface area contributed by atoms with Crippen molar-refractivity contribution in [3.05, 3.63) is 81.9 Å². The van der Waals surface area contributed by atoms with Gasteiger partial charge in [-0.2, -0.15) is 0 Å². The summed E-state index contributed by atoms with van der Waals surface area (Å²) < 4.78 is 12.2. The summed E-state index contributed by atoms with van der Waals surface area (Å²) in [6, 6.07) is 10.9. The van der Waals surface area contributed by atoms with Crippen molar-refractivity contribution in [2.75, 3.05) is 0 Å². The van der Waals surface area contributed by atoms with E-state index in [2.05, 4.69) is 16.0 Å². The number of rotatable bonds is 8. The Balaban J connectivity index is 1.63. The lowest BCUT2D eigenvalue weighted by Crippen LogP contribution is -2.58. The van der Waals surface area contributed by atoms with Crippen LogP contribution in [0, 0.1) is 24.2 Å². The maximum Gasteiger partial charge on any atom is 0.328 e. The first-order valence-corrected chi connectivity index (χ1v) is 17.5. The number of aryl methyl sites for hydroxylation is 1. The molecule has 7 atom stereocenters. The van der Waals surface area contributed by atoms with Gasteiger partial charge in [-0.25, -0.2) is 4.79 Å². The molecule has 49 heavy (non-hydrogen) atoms. The number of nitrogens with one attached hydrogen (secondary N) is 3. The van der Waals surface area contributed by atoms with Crippen molar-refractivity contribution in [3.8, 4) is 0 Å².